The maximum Gasteiger partial charge on any atom is 0.252 e. The summed E-state index contributed by atoms with van der Waals surface area (Å²) in [5.41, 5.74) is 3.16. The second-order valence-electron chi connectivity index (χ2n) is 8.47. The van der Waals surface area contributed by atoms with E-state index in [4.69, 9.17) is 14.5 Å². The van der Waals surface area contributed by atoms with Crippen LogP contribution in [0.1, 0.15) is 24.2 Å². The van der Waals surface area contributed by atoms with Crippen LogP contribution in [-0.2, 0) is 4.74 Å². The Hall–Kier alpha value is -2.96. The Morgan fingerprint density at radius 2 is 1.84 bits per heavy atom. The number of nitrogens with zero attached hydrogens (tertiary/aromatic N) is 2. The minimum absolute atomic E-state index is 0.0720. The van der Waals surface area contributed by atoms with Crippen molar-refractivity contribution in [3.63, 3.8) is 0 Å². The Kier molecular flexibility index (Phi) is 7.02. The van der Waals surface area contributed by atoms with Crippen LogP contribution >= 0.6 is 0 Å². The second-order valence-corrected chi connectivity index (χ2v) is 8.47. The molecule has 1 aliphatic heterocycles. The van der Waals surface area contributed by atoms with Gasteiger partial charge in [0.2, 0.25) is 0 Å². The zero-order chi connectivity index (χ0) is 22.5. The number of nitrogens with one attached hydrogen (secondary N) is 1. The Bertz CT molecular complexity index is 1060. The lowest BCUT2D eigenvalue weighted by Gasteiger charge is -2.37. The molecule has 1 N–H and O–H groups in total. The molecule has 3 aromatic rings. The number of fused-ring (bicyclic) bond motifs is 1. The van der Waals surface area contributed by atoms with Crippen molar-refractivity contribution in [2.75, 3.05) is 40.0 Å². The van der Waals surface area contributed by atoms with Crippen molar-refractivity contribution in [2.24, 2.45) is 5.92 Å². The molecule has 168 valence electrons. The number of benzene rings is 2. The number of aromatic nitrogens is 1. The fourth-order valence-electron chi connectivity index (χ4n) is 4.26. The van der Waals surface area contributed by atoms with Crippen LogP contribution in [0.4, 0.5) is 0 Å². The molecular weight excluding hydrogens is 402 g/mol. The summed E-state index contributed by atoms with van der Waals surface area (Å²) in [7, 11) is 1.65. The van der Waals surface area contributed by atoms with Crippen molar-refractivity contribution in [2.45, 2.75) is 19.9 Å². The zero-order valence-corrected chi connectivity index (χ0v) is 19.0. The molecule has 6 nitrogen and oxygen atoms in total. The first-order valence-corrected chi connectivity index (χ1v) is 11.2. The van der Waals surface area contributed by atoms with Crippen LogP contribution in [0.2, 0.25) is 0 Å². The van der Waals surface area contributed by atoms with Crippen molar-refractivity contribution in [3.05, 3.63) is 60.2 Å². The quantitative estimate of drug-likeness (QED) is 0.610. The summed E-state index contributed by atoms with van der Waals surface area (Å²) in [4.78, 5) is 20.6. The summed E-state index contributed by atoms with van der Waals surface area (Å²) in [6, 6.07) is 17.7. The highest BCUT2D eigenvalue weighted by atomic mass is 16.5. The number of rotatable bonds is 7. The predicted octanol–water partition coefficient (Wildman–Crippen LogP) is 4.00. The fourth-order valence-corrected chi connectivity index (χ4v) is 4.26. The molecular formula is C26H31N3O3. The van der Waals surface area contributed by atoms with E-state index < -0.39 is 0 Å². The maximum atomic E-state index is 13.4. The van der Waals surface area contributed by atoms with Gasteiger partial charge in [0.05, 0.1) is 37.1 Å². The predicted molar refractivity (Wildman–Crippen MR) is 127 cm³/mol. The number of pyridine rings is 1. The number of hydrogen-bond donors (Lipinski definition) is 1. The normalized spacial score (nSPS) is 15.6. The monoisotopic (exact) mass is 433 g/mol. The summed E-state index contributed by atoms with van der Waals surface area (Å²) in [5.74, 6) is 1.14. The van der Waals surface area contributed by atoms with E-state index in [9.17, 15) is 4.79 Å². The number of methoxy groups -OCH3 is 1. The minimum Gasteiger partial charge on any atom is -0.497 e. The van der Waals surface area contributed by atoms with E-state index in [1.807, 2.05) is 54.6 Å². The number of hydrogen-bond acceptors (Lipinski definition) is 5. The van der Waals surface area contributed by atoms with E-state index in [0.717, 1.165) is 54.2 Å². The second kappa shape index (κ2) is 10.1. The Morgan fingerprint density at radius 3 is 2.53 bits per heavy atom. The van der Waals surface area contributed by atoms with Crippen LogP contribution in [0.5, 0.6) is 5.75 Å². The molecule has 1 saturated heterocycles. The number of morpholine rings is 1. The smallest absolute Gasteiger partial charge is 0.252 e. The molecule has 4 rings (SSSR count). The Labute approximate surface area is 189 Å². The van der Waals surface area contributed by atoms with Crippen LogP contribution in [0.15, 0.2) is 54.6 Å². The number of carbonyl (C=O) groups excluding carboxylic acids is 1. The molecule has 0 spiro atoms. The van der Waals surface area contributed by atoms with Gasteiger partial charge in [0.1, 0.15) is 5.75 Å². The van der Waals surface area contributed by atoms with Gasteiger partial charge in [0.25, 0.3) is 5.91 Å². The van der Waals surface area contributed by atoms with Crippen LogP contribution < -0.4 is 10.1 Å². The van der Waals surface area contributed by atoms with Crippen molar-refractivity contribution in [1.82, 2.24) is 15.2 Å². The molecule has 1 fully saturated rings. The highest BCUT2D eigenvalue weighted by Crippen LogP contribution is 2.26. The molecule has 0 saturated carbocycles. The maximum absolute atomic E-state index is 13.4. The van der Waals surface area contributed by atoms with Crippen LogP contribution in [0.3, 0.4) is 0 Å². The molecule has 1 amide bonds. The largest absolute Gasteiger partial charge is 0.497 e. The molecule has 0 bridgehead atoms. The number of para-hydroxylation sites is 1. The summed E-state index contributed by atoms with van der Waals surface area (Å²) in [6.07, 6.45) is 0. The average Bonchev–Trinajstić information content (AvgIpc) is 2.84. The lowest BCUT2D eigenvalue weighted by Crippen LogP contribution is -2.51. The van der Waals surface area contributed by atoms with E-state index in [2.05, 4.69) is 24.1 Å². The lowest BCUT2D eigenvalue weighted by molar-refractivity contribution is 0.00673. The van der Waals surface area contributed by atoms with Crippen molar-refractivity contribution >= 4 is 16.8 Å². The molecule has 6 heteroatoms. The molecule has 0 radical (unpaired) electrons. The fraction of sp³-hybridized carbons (Fsp3) is 0.385. The third-order valence-corrected chi connectivity index (χ3v) is 6.10. The third-order valence-electron chi connectivity index (χ3n) is 6.10. The van der Waals surface area contributed by atoms with Crippen molar-refractivity contribution in [3.8, 4) is 17.0 Å². The highest BCUT2D eigenvalue weighted by molar-refractivity contribution is 6.07. The van der Waals surface area contributed by atoms with E-state index in [1.54, 1.807) is 7.11 Å². The first-order valence-electron chi connectivity index (χ1n) is 11.2. The Morgan fingerprint density at radius 1 is 1.12 bits per heavy atom. The molecule has 32 heavy (non-hydrogen) atoms. The average molecular weight is 434 g/mol. The van der Waals surface area contributed by atoms with Crippen LogP contribution in [0, 0.1) is 5.92 Å². The number of ether oxygens (including phenoxy) is 2. The molecule has 1 aliphatic rings. The molecule has 2 aromatic carbocycles. The van der Waals surface area contributed by atoms with Crippen LogP contribution in [0.25, 0.3) is 22.2 Å². The highest BCUT2D eigenvalue weighted by Gasteiger charge is 2.25. The van der Waals surface area contributed by atoms with E-state index in [1.165, 1.54) is 0 Å². The van der Waals surface area contributed by atoms with Gasteiger partial charge >= 0.3 is 0 Å². The number of amides is 1. The number of carbonyl (C=O) groups is 1. The minimum atomic E-state index is -0.0720. The van der Waals surface area contributed by atoms with Crippen LogP contribution in [-0.4, -0.2) is 61.8 Å². The lowest BCUT2D eigenvalue weighted by atomic mass is 10.0. The Balaban J connectivity index is 1.60. The zero-order valence-electron chi connectivity index (χ0n) is 19.0. The van der Waals surface area contributed by atoms with E-state index in [-0.39, 0.29) is 11.9 Å². The summed E-state index contributed by atoms with van der Waals surface area (Å²) in [6.45, 7) is 8.31. The first-order chi connectivity index (χ1) is 15.6. The standard InChI is InChI=1S/C26H31N3O3/c1-18(2)25(29-12-14-32-15-13-29)17-27-26(30)22-16-24(19-8-10-20(31-3)11-9-19)28-23-7-5-4-6-21(22)23/h4-11,16,18,25H,12-15,17H2,1-3H3,(H,27,30). The molecule has 1 aromatic heterocycles. The van der Waals surface area contributed by atoms with Gasteiger partial charge in [-0.1, -0.05) is 32.0 Å². The van der Waals surface area contributed by atoms with Gasteiger partial charge in [-0.05, 0) is 42.3 Å². The van der Waals surface area contributed by atoms with Gasteiger partial charge in [0.15, 0.2) is 0 Å². The van der Waals surface area contributed by atoms with Gasteiger partial charge < -0.3 is 14.8 Å². The molecule has 1 unspecified atom stereocenters. The topological polar surface area (TPSA) is 63.7 Å². The van der Waals surface area contributed by atoms with Crippen molar-refractivity contribution < 1.29 is 14.3 Å². The molecule has 2 heterocycles. The SMILES string of the molecule is COc1ccc(-c2cc(C(=O)NCC(C(C)C)N3CCOCC3)c3ccccc3n2)cc1. The van der Waals surface area contributed by atoms with Gasteiger partial charge in [0, 0.05) is 36.6 Å². The van der Waals surface area contributed by atoms with Gasteiger partial charge in [-0.3, -0.25) is 9.69 Å². The summed E-state index contributed by atoms with van der Waals surface area (Å²) < 4.78 is 10.8. The third kappa shape index (κ3) is 4.92. The van der Waals surface area contributed by atoms with E-state index >= 15 is 0 Å². The van der Waals surface area contributed by atoms with Crippen molar-refractivity contribution in [1.29, 1.82) is 0 Å². The summed E-state index contributed by atoms with van der Waals surface area (Å²) >= 11 is 0. The first kappa shape index (κ1) is 22.2. The van der Waals surface area contributed by atoms with Gasteiger partial charge in [-0.25, -0.2) is 4.98 Å². The summed E-state index contributed by atoms with van der Waals surface area (Å²) in [5, 5.41) is 4.05. The molecule has 0 aliphatic carbocycles. The van der Waals surface area contributed by atoms with Gasteiger partial charge in [-0.15, -0.1) is 0 Å². The molecule has 1 atom stereocenters. The van der Waals surface area contributed by atoms with Gasteiger partial charge in [-0.2, -0.15) is 0 Å². The van der Waals surface area contributed by atoms with E-state index in [0.29, 0.717) is 18.0 Å².